The first-order valence-electron chi connectivity index (χ1n) is 12.0. The Morgan fingerprint density at radius 2 is 2.03 bits per heavy atom. The first-order chi connectivity index (χ1) is 14.8. The molecule has 1 saturated heterocycles. The summed E-state index contributed by atoms with van der Waals surface area (Å²) < 4.78 is 13.9. The number of carboxylic acids is 1. The summed E-state index contributed by atoms with van der Waals surface area (Å²) in [7, 11) is -1.33. The van der Waals surface area contributed by atoms with Gasteiger partial charge >= 0.3 is 13.1 Å². The first-order valence-corrected chi connectivity index (χ1v) is 12.0. The molecule has 6 atom stereocenters. The van der Waals surface area contributed by atoms with Crippen LogP contribution in [0, 0.1) is 23.6 Å². The van der Waals surface area contributed by atoms with Crippen LogP contribution in [-0.4, -0.2) is 51.8 Å². The minimum absolute atomic E-state index is 0.140. The number of benzene rings is 1. The van der Waals surface area contributed by atoms with E-state index in [0.29, 0.717) is 37.3 Å². The minimum atomic E-state index is -1.33. The van der Waals surface area contributed by atoms with Gasteiger partial charge in [0, 0.05) is 6.54 Å². The number of fused-ring (bicyclic) bond motifs is 1. The number of hydrogen-bond donors (Lipinski definition) is 3. The lowest BCUT2D eigenvalue weighted by Gasteiger charge is -2.35. The number of hydrogen-bond acceptors (Lipinski definition) is 4. The molecular formula is C24H35BFNO4. The van der Waals surface area contributed by atoms with Crippen molar-refractivity contribution >= 4 is 13.1 Å². The van der Waals surface area contributed by atoms with E-state index in [4.69, 9.17) is 10.0 Å². The first kappa shape index (κ1) is 22.7. The van der Waals surface area contributed by atoms with Crippen molar-refractivity contribution < 1.29 is 24.3 Å². The van der Waals surface area contributed by atoms with Crippen LogP contribution in [0.1, 0.15) is 68.9 Å². The van der Waals surface area contributed by atoms with Gasteiger partial charge in [-0.25, -0.2) is 4.39 Å². The van der Waals surface area contributed by atoms with Crippen molar-refractivity contribution in [1.82, 2.24) is 4.90 Å². The van der Waals surface area contributed by atoms with Crippen LogP contribution in [0.15, 0.2) is 18.2 Å². The van der Waals surface area contributed by atoms with Gasteiger partial charge < -0.3 is 15.2 Å². The molecule has 5 nitrogen and oxygen atoms in total. The largest absolute Gasteiger partial charge is 0.480 e. The molecule has 0 amide bonds. The van der Waals surface area contributed by atoms with E-state index in [1.54, 1.807) is 12.1 Å². The fourth-order valence-corrected chi connectivity index (χ4v) is 6.60. The van der Waals surface area contributed by atoms with Gasteiger partial charge in [-0.3, -0.25) is 9.69 Å². The van der Waals surface area contributed by atoms with E-state index >= 15 is 0 Å². The van der Waals surface area contributed by atoms with Crippen molar-refractivity contribution in [2.24, 2.45) is 17.8 Å². The van der Waals surface area contributed by atoms with Crippen LogP contribution in [0.4, 0.5) is 4.39 Å². The van der Waals surface area contributed by atoms with Gasteiger partial charge in [-0.15, -0.1) is 0 Å². The average molecular weight is 431 g/mol. The van der Waals surface area contributed by atoms with Gasteiger partial charge in [-0.05, 0) is 98.3 Å². The van der Waals surface area contributed by atoms with E-state index in [2.05, 4.69) is 6.92 Å². The molecule has 3 N–H and O–H groups in total. The normalized spacial score (nSPS) is 35.2. The molecule has 170 valence electrons. The quantitative estimate of drug-likeness (QED) is 0.453. The summed E-state index contributed by atoms with van der Waals surface area (Å²) in [5, 5.41) is 28.2. The highest BCUT2D eigenvalue weighted by atomic mass is 19.1. The highest BCUT2D eigenvalue weighted by molar-refractivity contribution is 6.40. The summed E-state index contributed by atoms with van der Waals surface area (Å²) >= 11 is 0. The molecule has 3 aliphatic rings. The summed E-state index contributed by atoms with van der Waals surface area (Å²) in [6.45, 7) is 3.47. The van der Waals surface area contributed by atoms with Gasteiger partial charge in [0.15, 0.2) is 0 Å². The summed E-state index contributed by atoms with van der Waals surface area (Å²) in [4.78, 5) is 14.3. The van der Waals surface area contributed by atoms with Crippen molar-refractivity contribution in [1.29, 1.82) is 0 Å². The minimum Gasteiger partial charge on any atom is -0.480 e. The Kier molecular flexibility index (Phi) is 6.75. The SMILES string of the molecule is C[C@H]1CCC(C2(C(=O)O)CN2CCCB(O)O)CCCC1C1CCc2ccc(F)cc21. The molecule has 0 spiro atoms. The van der Waals surface area contributed by atoms with Crippen LogP contribution >= 0.6 is 0 Å². The zero-order chi connectivity index (χ0) is 22.2. The molecule has 1 aliphatic heterocycles. The summed E-state index contributed by atoms with van der Waals surface area (Å²) in [5.41, 5.74) is 1.73. The number of halogens is 1. The van der Waals surface area contributed by atoms with Crippen LogP contribution in [0.2, 0.25) is 6.32 Å². The number of nitrogens with zero attached hydrogens (tertiary/aromatic N) is 1. The maximum atomic E-state index is 13.9. The molecule has 0 bridgehead atoms. The Hall–Kier alpha value is -1.44. The molecule has 5 unspecified atom stereocenters. The lowest BCUT2D eigenvalue weighted by atomic mass is 9.70. The number of carbonyl (C=O) groups is 1. The number of rotatable bonds is 7. The van der Waals surface area contributed by atoms with Crippen LogP contribution in [0.5, 0.6) is 0 Å². The molecule has 1 aromatic rings. The molecule has 4 rings (SSSR count). The van der Waals surface area contributed by atoms with E-state index < -0.39 is 18.6 Å². The van der Waals surface area contributed by atoms with Crippen molar-refractivity contribution in [3.05, 3.63) is 35.1 Å². The summed E-state index contributed by atoms with van der Waals surface area (Å²) in [6.07, 6.45) is 7.92. The Balaban J connectivity index is 1.40. The second-order valence-electron chi connectivity index (χ2n) is 10.1. The number of aliphatic carboxylic acids is 1. The molecule has 2 aliphatic carbocycles. The topological polar surface area (TPSA) is 80.8 Å². The number of aryl methyl sites for hydroxylation is 1. The average Bonchev–Trinajstić information content (AvgIpc) is 3.29. The second-order valence-corrected chi connectivity index (χ2v) is 10.1. The lowest BCUT2D eigenvalue weighted by molar-refractivity contribution is -0.143. The zero-order valence-corrected chi connectivity index (χ0v) is 18.5. The third kappa shape index (κ3) is 4.55. The monoisotopic (exact) mass is 431 g/mol. The standard InChI is InChI=1S/C24H35BFNO4/c1-16-6-9-18(24(23(28)29)15-27(24)13-3-12-25(30)31)4-2-5-20(16)21-11-8-17-7-10-19(26)14-22(17)21/h7,10,14,16,18,20-21,30-31H,2-6,8-9,11-13,15H2,1H3,(H,28,29)/t16-,18?,20?,21?,24?,27?/m0/s1. The van der Waals surface area contributed by atoms with Gasteiger partial charge in [-0.1, -0.05) is 25.8 Å². The van der Waals surface area contributed by atoms with E-state index in [0.717, 1.165) is 44.9 Å². The van der Waals surface area contributed by atoms with Crippen molar-refractivity contribution in [2.75, 3.05) is 13.1 Å². The van der Waals surface area contributed by atoms with E-state index in [1.165, 1.54) is 11.1 Å². The molecule has 7 heteroatoms. The Morgan fingerprint density at radius 3 is 2.77 bits per heavy atom. The lowest BCUT2D eigenvalue weighted by Crippen LogP contribution is -2.39. The van der Waals surface area contributed by atoms with Gasteiger partial charge in [0.25, 0.3) is 0 Å². The van der Waals surface area contributed by atoms with E-state index in [-0.39, 0.29) is 18.1 Å². The molecule has 1 heterocycles. The molecule has 0 radical (unpaired) electrons. The van der Waals surface area contributed by atoms with Gasteiger partial charge in [0.05, 0.1) is 0 Å². The highest BCUT2D eigenvalue weighted by Gasteiger charge is 2.62. The van der Waals surface area contributed by atoms with Gasteiger partial charge in [0.2, 0.25) is 0 Å². The molecule has 1 aromatic carbocycles. The van der Waals surface area contributed by atoms with Crippen molar-refractivity contribution in [2.45, 2.75) is 76.1 Å². The smallest absolute Gasteiger partial charge is 0.451 e. The third-order valence-electron chi connectivity index (χ3n) is 8.37. The van der Waals surface area contributed by atoms with Gasteiger partial charge in [0.1, 0.15) is 11.4 Å². The van der Waals surface area contributed by atoms with Crippen molar-refractivity contribution in [3.8, 4) is 0 Å². The van der Waals surface area contributed by atoms with Crippen molar-refractivity contribution in [3.63, 3.8) is 0 Å². The van der Waals surface area contributed by atoms with Crippen LogP contribution in [0.25, 0.3) is 0 Å². The fraction of sp³-hybridized carbons (Fsp3) is 0.708. The molecule has 31 heavy (non-hydrogen) atoms. The highest BCUT2D eigenvalue weighted by Crippen LogP contribution is 2.50. The third-order valence-corrected chi connectivity index (χ3v) is 8.37. The Morgan fingerprint density at radius 1 is 1.23 bits per heavy atom. The summed E-state index contributed by atoms with van der Waals surface area (Å²) in [5.74, 6) is 0.715. The molecular weight excluding hydrogens is 396 g/mol. The van der Waals surface area contributed by atoms with Crippen LogP contribution in [-0.2, 0) is 11.2 Å². The fourth-order valence-electron chi connectivity index (χ4n) is 6.60. The van der Waals surface area contributed by atoms with Crippen LogP contribution in [0.3, 0.4) is 0 Å². The maximum absolute atomic E-state index is 13.9. The number of carboxylic acid groups (broad SMARTS) is 1. The Bertz CT molecular complexity index is 806. The molecule has 0 aromatic heterocycles. The zero-order valence-electron chi connectivity index (χ0n) is 18.5. The van der Waals surface area contributed by atoms with E-state index in [9.17, 15) is 14.3 Å². The van der Waals surface area contributed by atoms with Gasteiger partial charge in [-0.2, -0.15) is 0 Å². The second kappa shape index (κ2) is 9.20. The summed E-state index contributed by atoms with van der Waals surface area (Å²) in [6, 6.07) is 5.26. The maximum Gasteiger partial charge on any atom is 0.451 e. The molecule has 2 fully saturated rings. The van der Waals surface area contributed by atoms with E-state index in [1.807, 2.05) is 11.0 Å². The predicted molar refractivity (Wildman–Crippen MR) is 118 cm³/mol. The predicted octanol–water partition coefficient (Wildman–Crippen LogP) is 3.69. The Labute approximate surface area is 184 Å². The van der Waals surface area contributed by atoms with Crippen LogP contribution < -0.4 is 0 Å². The molecule has 1 saturated carbocycles.